The molecular weight excluding hydrogens is 318 g/mol. The molecule has 0 bridgehead atoms. The summed E-state index contributed by atoms with van der Waals surface area (Å²) in [4.78, 5) is 0. The van der Waals surface area contributed by atoms with Gasteiger partial charge in [-0.05, 0) is 56.6 Å². The van der Waals surface area contributed by atoms with Crippen LogP contribution in [0, 0.1) is 5.41 Å². The van der Waals surface area contributed by atoms with Crippen molar-refractivity contribution in [1.82, 2.24) is 0 Å². The van der Waals surface area contributed by atoms with Crippen LogP contribution in [-0.2, 0) is 0 Å². The average Bonchev–Trinajstić information content (AvgIpc) is 2.84. The van der Waals surface area contributed by atoms with E-state index in [1.807, 2.05) is 0 Å². The number of thiophene rings is 1. The second-order valence-corrected chi connectivity index (χ2v) is 7.73. The van der Waals surface area contributed by atoms with Crippen molar-refractivity contribution in [3.63, 3.8) is 0 Å². The summed E-state index contributed by atoms with van der Waals surface area (Å²) >= 11 is 5.44. The van der Waals surface area contributed by atoms with Crippen molar-refractivity contribution in [2.24, 2.45) is 11.1 Å². The molecule has 3 heteroatoms. The predicted octanol–water partition coefficient (Wildman–Crippen LogP) is 5.63. The Morgan fingerprint density at radius 1 is 1.26 bits per heavy atom. The highest BCUT2D eigenvalue weighted by molar-refractivity contribution is 9.10. The maximum atomic E-state index is 6.66. The van der Waals surface area contributed by atoms with E-state index in [2.05, 4.69) is 46.4 Å². The van der Waals surface area contributed by atoms with Gasteiger partial charge in [-0.1, -0.05) is 38.3 Å². The first-order valence-corrected chi connectivity index (χ1v) is 8.70. The lowest BCUT2D eigenvalue weighted by molar-refractivity contribution is 0.171. The number of nitrogens with two attached hydrogens (primary N) is 1. The number of fused-ring (bicyclic) bond motifs is 1. The third-order valence-electron chi connectivity index (χ3n) is 4.66. The molecule has 0 aliphatic heterocycles. The molecule has 19 heavy (non-hydrogen) atoms. The van der Waals surface area contributed by atoms with Crippen LogP contribution >= 0.6 is 27.3 Å². The molecule has 2 aromatic rings. The smallest absolute Gasteiger partial charge is 0.0488 e. The lowest BCUT2D eigenvalue weighted by Crippen LogP contribution is -2.33. The van der Waals surface area contributed by atoms with Crippen molar-refractivity contribution in [3.05, 3.63) is 33.6 Å². The van der Waals surface area contributed by atoms with Crippen LogP contribution in [0.1, 0.15) is 50.6 Å². The zero-order valence-electron chi connectivity index (χ0n) is 11.3. The number of halogens is 1. The van der Waals surface area contributed by atoms with Crippen LogP contribution < -0.4 is 5.73 Å². The Bertz CT molecular complexity index is 583. The Labute approximate surface area is 127 Å². The Morgan fingerprint density at radius 2 is 2.00 bits per heavy atom. The van der Waals surface area contributed by atoms with Crippen LogP contribution in [0.25, 0.3) is 10.1 Å². The van der Waals surface area contributed by atoms with Gasteiger partial charge in [-0.2, -0.15) is 0 Å². The summed E-state index contributed by atoms with van der Waals surface area (Å²) in [5.41, 5.74) is 8.27. The van der Waals surface area contributed by atoms with Crippen molar-refractivity contribution in [3.8, 4) is 0 Å². The van der Waals surface area contributed by atoms with E-state index in [4.69, 9.17) is 5.73 Å². The van der Waals surface area contributed by atoms with Crippen LogP contribution in [0.4, 0.5) is 0 Å². The number of hydrogen-bond acceptors (Lipinski definition) is 2. The molecule has 2 N–H and O–H groups in total. The largest absolute Gasteiger partial charge is 0.323 e. The first-order chi connectivity index (χ1) is 9.12. The minimum atomic E-state index is 0.163. The van der Waals surface area contributed by atoms with E-state index in [0.717, 1.165) is 0 Å². The van der Waals surface area contributed by atoms with Gasteiger partial charge in [0.2, 0.25) is 0 Å². The molecule has 0 radical (unpaired) electrons. The number of benzene rings is 1. The Hall–Kier alpha value is -0.380. The third-order valence-corrected chi connectivity index (χ3v) is 6.63. The molecule has 3 rings (SSSR count). The molecule has 1 nitrogen and oxygen atoms in total. The minimum absolute atomic E-state index is 0.163. The molecule has 0 saturated heterocycles. The molecule has 1 aromatic carbocycles. The van der Waals surface area contributed by atoms with E-state index >= 15 is 0 Å². The standard InChI is InChI=1S/C16H20BrNS/c1-16(8-3-2-4-9-16)15(18)12-10-19-14-11(12)6-5-7-13(14)17/h5-7,10,15H,2-4,8-9,18H2,1H3. The van der Waals surface area contributed by atoms with E-state index in [-0.39, 0.29) is 11.5 Å². The summed E-state index contributed by atoms with van der Waals surface area (Å²) in [5, 5.41) is 3.60. The van der Waals surface area contributed by atoms with Crippen LogP contribution in [-0.4, -0.2) is 0 Å². The van der Waals surface area contributed by atoms with Crippen LogP contribution in [0.3, 0.4) is 0 Å². The molecule has 0 amide bonds. The second kappa shape index (κ2) is 5.19. The Balaban J connectivity index is 2.02. The highest BCUT2D eigenvalue weighted by atomic mass is 79.9. The summed E-state index contributed by atoms with van der Waals surface area (Å²) in [6.07, 6.45) is 6.56. The zero-order valence-corrected chi connectivity index (χ0v) is 13.7. The van der Waals surface area contributed by atoms with E-state index in [1.165, 1.54) is 52.2 Å². The third kappa shape index (κ3) is 2.37. The van der Waals surface area contributed by atoms with Gasteiger partial charge in [0, 0.05) is 15.2 Å². The lowest BCUT2D eigenvalue weighted by atomic mass is 9.69. The maximum Gasteiger partial charge on any atom is 0.0488 e. The highest BCUT2D eigenvalue weighted by Gasteiger charge is 2.35. The van der Waals surface area contributed by atoms with Crippen LogP contribution in [0.5, 0.6) is 0 Å². The van der Waals surface area contributed by atoms with Gasteiger partial charge < -0.3 is 5.73 Å². The molecule has 1 unspecified atom stereocenters. The number of hydrogen-bond donors (Lipinski definition) is 1. The summed E-state index contributed by atoms with van der Waals surface area (Å²) in [5.74, 6) is 0. The van der Waals surface area contributed by atoms with Crippen LogP contribution in [0.2, 0.25) is 0 Å². The van der Waals surface area contributed by atoms with E-state index in [0.29, 0.717) is 0 Å². The van der Waals surface area contributed by atoms with Gasteiger partial charge >= 0.3 is 0 Å². The predicted molar refractivity (Wildman–Crippen MR) is 87.6 cm³/mol. The molecule has 1 aliphatic rings. The van der Waals surface area contributed by atoms with Gasteiger partial charge in [0.05, 0.1) is 0 Å². The molecule has 1 saturated carbocycles. The molecule has 1 atom stereocenters. The summed E-state index contributed by atoms with van der Waals surface area (Å²) < 4.78 is 2.51. The van der Waals surface area contributed by atoms with Crippen molar-refractivity contribution < 1.29 is 0 Å². The molecule has 1 aromatic heterocycles. The molecule has 102 valence electrons. The molecule has 1 heterocycles. The normalized spacial score (nSPS) is 20.6. The fourth-order valence-electron chi connectivity index (χ4n) is 3.33. The fourth-order valence-corrected chi connectivity index (χ4v) is 4.99. The van der Waals surface area contributed by atoms with E-state index < -0.39 is 0 Å². The molecule has 1 fully saturated rings. The average molecular weight is 338 g/mol. The van der Waals surface area contributed by atoms with Crippen molar-refractivity contribution in [2.45, 2.75) is 45.1 Å². The molecular formula is C16H20BrNS. The van der Waals surface area contributed by atoms with Crippen LogP contribution in [0.15, 0.2) is 28.1 Å². The van der Waals surface area contributed by atoms with Crippen molar-refractivity contribution >= 4 is 37.4 Å². The Morgan fingerprint density at radius 3 is 2.74 bits per heavy atom. The lowest BCUT2D eigenvalue weighted by Gasteiger charge is -2.39. The summed E-state index contributed by atoms with van der Waals surface area (Å²) in [7, 11) is 0. The van der Waals surface area contributed by atoms with E-state index in [1.54, 1.807) is 11.3 Å². The maximum absolute atomic E-state index is 6.66. The topological polar surface area (TPSA) is 26.0 Å². The quantitative estimate of drug-likeness (QED) is 0.754. The summed E-state index contributed by atoms with van der Waals surface area (Å²) in [6.45, 7) is 2.37. The number of rotatable bonds is 2. The first-order valence-electron chi connectivity index (χ1n) is 7.03. The first kappa shape index (κ1) is 13.6. The molecule has 0 spiro atoms. The van der Waals surface area contributed by atoms with Gasteiger partial charge in [0.1, 0.15) is 0 Å². The second-order valence-electron chi connectivity index (χ2n) is 6.00. The van der Waals surface area contributed by atoms with Gasteiger partial charge in [0.25, 0.3) is 0 Å². The minimum Gasteiger partial charge on any atom is -0.323 e. The van der Waals surface area contributed by atoms with Gasteiger partial charge in [-0.15, -0.1) is 11.3 Å². The van der Waals surface area contributed by atoms with Gasteiger partial charge in [0.15, 0.2) is 0 Å². The monoisotopic (exact) mass is 337 g/mol. The molecule has 1 aliphatic carbocycles. The SMILES string of the molecule is CC1(C(N)c2csc3c(Br)cccc23)CCCCC1. The Kier molecular flexibility index (Phi) is 3.71. The van der Waals surface area contributed by atoms with Gasteiger partial charge in [-0.25, -0.2) is 0 Å². The van der Waals surface area contributed by atoms with Crippen molar-refractivity contribution in [1.29, 1.82) is 0 Å². The fraction of sp³-hybridized carbons (Fsp3) is 0.500. The summed E-state index contributed by atoms with van der Waals surface area (Å²) in [6, 6.07) is 6.59. The zero-order chi connectivity index (χ0) is 13.5. The highest BCUT2D eigenvalue weighted by Crippen LogP contribution is 2.47. The van der Waals surface area contributed by atoms with Crippen molar-refractivity contribution in [2.75, 3.05) is 0 Å². The van der Waals surface area contributed by atoms with Gasteiger partial charge in [-0.3, -0.25) is 0 Å². The van der Waals surface area contributed by atoms with E-state index in [9.17, 15) is 0 Å².